The molecule has 0 bridgehead atoms. The fraction of sp³-hybridized carbons (Fsp3) is 0.190. The largest absolute Gasteiger partial charge is 0.493 e. The van der Waals surface area contributed by atoms with Crippen LogP contribution in [0, 0.1) is 13.8 Å². The Bertz CT molecular complexity index is 1240. The van der Waals surface area contributed by atoms with Crippen molar-refractivity contribution in [3.8, 4) is 17.1 Å². The minimum absolute atomic E-state index is 0.214. The Morgan fingerprint density at radius 3 is 2.72 bits per heavy atom. The van der Waals surface area contributed by atoms with Gasteiger partial charge in [-0.3, -0.25) is 9.89 Å². The fourth-order valence-corrected chi connectivity index (χ4v) is 3.82. The van der Waals surface area contributed by atoms with Crippen LogP contribution in [0.25, 0.3) is 17.0 Å². The van der Waals surface area contributed by atoms with E-state index in [-0.39, 0.29) is 5.56 Å². The molecule has 148 valence electrons. The van der Waals surface area contributed by atoms with Gasteiger partial charge >= 0.3 is 0 Å². The Morgan fingerprint density at radius 2 is 1.93 bits per heavy atom. The number of fused-ring (bicyclic) bond motifs is 1. The zero-order valence-corrected chi connectivity index (χ0v) is 17.5. The van der Waals surface area contributed by atoms with Gasteiger partial charge in [0.25, 0.3) is 5.56 Å². The Labute approximate surface area is 176 Å². The van der Waals surface area contributed by atoms with Gasteiger partial charge in [0.05, 0.1) is 6.61 Å². The highest BCUT2D eigenvalue weighted by Gasteiger charge is 2.13. The molecule has 8 heteroatoms. The average Bonchev–Trinajstić information content (AvgIpc) is 3.08. The van der Waals surface area contributed by atoms with Crippen molar-refractivity contribution in [1.29, 1.82) is 0 Å². The van der Waals surface area contributed by atoms with Gasteiger partial charge in [0.2, 0.25) is 0 Å². The lowest BCUT2D eigenvalue weighted by Gasteiger charge is -2.10. The number of hydrogen-bond acceptors (Lipinski definition) is 5. The van der Waals surface area contributed by atoms with Crippen LogP contribution in [-0.4, -0.2) is 31.9 Å². The summed E-state index contributed by atoms with van der Waals surface area (Å²) >= 11 is 7.63. The van der Waals surface area contributed by atoms with Crippen molar-refractivity contribution in [3.05, 3.63) is 75.0 Å². The molecule has 0 aliphatic carbocycles. The van der Waals surface area contributed by atoms with Crippen molar-refractivity contribution in [2.75, 3.05) is 12.4 Å². The van der Waals surface area contributed by atoms with Gasteiger partial charge in [0.15, 0.2) is 16.6 Å². The number of aromatic nitrogens is 4. The second-order valence-electron chi connectivity index (χ2n) is 6.57. The smallest absolute Gasteiger partial charge is 0.266 e. The lowest BCUT2D eigenvalue weighted by Crippen LogP contribution is -2.07. The average molecular weight is 427 g/mol. The van der Waals surface area contributed by atoms with Gasteiger partial charge in [-0.05, 0) is 37.1 Å². The Hall–Kier alpha value is -2.77. The van der Waals surface area contributed by atoms with Crippen LogP contribution in [0.2, 0.25) is 5.02 Å². The van der Waals surface area contributed by atoms with E-state index < -0.39 is 0 Å². The minimum atomic E-state index is -0.214. The summed E-state index contributed by atoms with van der Waals surface area (Å²) in [5, 5.41) is 4.08. The third kappa shape index (κ3) is 4.31. The molecule has 0 radical (unpaired) electrons. The molecule has 0 atom stereocenters. The number of aromatic amines is 1. The molecule has 29 heavy (non-hydrogen) atoms. The van der Waals surface area contributed by atoms with Crippen LogP contribution < -0.4 is 10.3 Å². The maximum Gasteiger partial charge on any atom is 0.266 e. The van der Waals surface area contributed by atoms with E-state index in [1.165, 1.54) is 17.8 Å². The van der Waals surface area contributed by atoms with Gasteiger partial charge in [-0.2, -0.15) is 0 Å². The quantitative estimate of drug-likeness (QED) is 0.362. The molecular formula is C21H19ClN4O2S. The molecule has 0 saturated carbocycles. The lowest BCUT2D eigenvalue weighted by molar-refractivity contribution is 0.344. The van der Waals surface area contributed by atoms with Crippen LogP contribution in [0.3, 0.4) is 0 Å². The first-order chi connectivity index (χ1) is 14.0. The Kier molecular flexibility index (Phi) is 5.60. The van der Waals surface area contributed by atoms with Crippen molar-refractivity contribution in [3.63, 3.8) is 0 Å². The molecule has 6 nitrogen and oxygen atoms in total. The van der Waals surface area contributed by atoms with E-state index in [2.05, 4.69) is 15.1 Å². The molecule has 4 aromatic rings. The molecule has 1 N–H and O–H groups in total. The number of halogens is 1. The number of ether oxygens (including phenoxy) is 1. The zero-order chi connectivity index (χ0) is 20.4. The molecule has 0 spiro atoms. The standard InChI is InChI=1S/C21H19ClN4O2S/c1-13-5-3-4-6-16(13)20-23-18-12-19(27)25-26(18)21(24-20)29-10-9-28-15-8-7-14(2)17(22)11-15/h3-8,11-12H,9-10H2,1-2H3,(H,25,27). The molecule has 0 unspecified atom stereocenters. The SMILES string of the molecule is Cc1ccc(OCCSc2nc(-c3ccccc3C)nc3cc(=O)[nH]n23)cc1Cl. The fourth-order valence-electron chi connectivity index (χ4n) is 2.88. The number of thioether (sulfide) groups is 1. The predicted octanol–water partition coefficient (Wildman–Crippen LogP) is 4.53. The predicted molar refractivity (Wildman–Crippen MR) is 116 cm³/mol. The number of nitrogens with one attached hydrogen (secondary N) is 1. The van der Waals surface area contributed by atoms with Crippen LogP contribution in [0.4, 0.5) is 0 Å². The summed E-state index contributed by atoms with van der Waals surface area (Å²) < 4.78 is 7.39. The van der Waals surface area contributed by atoms with Crippen LogP contribution >= 0.6 is 23.4 Å². The van der Waals surface area contributed by atoms with E-state index in [1.807, 2.05) is 56.3 Å². The topological polar surface area (TPSA) is 72.3 Å². The monoisotopic (exact) mass is 426 g/mol. The van der Waals surface area contributed by atoms with Gasteiger partial charge in [-0.15, -0.1) is 0 Å². The number of rotatable bonds is 6. The van der Waals surface area contributed by atoms with E-state index in [0.29, 0.717) is 34.0 Å². The number of aryl methyl sites for hydroxylation is 2. The molecule has 2 heterocycles. The molecule has 4 rings (SSSR count). The minimum Gasteiger partial charge on any atom is -0.493 e. The number of nitrogens with zero attached hydrogens (tertiary/aromatic N) is 3. The number of benzene rings is 2. The van der Waals surface area contributed by atoms with Crippen molar-refractivity contribution in [2.24, 2.45) is 0 Å². The summed E-state index contributed by atoms with van der Waals surface area (Å²) in [6, 6.07) is 15.0. The normalized spacial score (nSPS) is 11.1. The van der Waals surface area contributed by atoms with Gasteiger partial charge in [0, 0.05) is 22.4 Å². The Balaban J connectivity index is 1.55. The summed E-state index contributed by atoms with van der Waals surface area (Å²) in [5.41, 5.74) is 3.35. The second kappa shape index (κ2) is 8.31. The molecule has 0 fully saturated rings. The molecule has 0 saturated heterocycles. The molecule has 0 aliphatic heterocycles. The summed E-state index contributed by atoms with van der Waals surface area (Å²) in [6.45, 7) is 4.44. The highest BCUT2D eigenvalue weighted by atomic mass is 35.5. The highest BCUT2D eigenvalue weighted by Crippen LogP contribution is 2.25. The van der Waals surface area contributed by atoms with Gasteiger partial charge in [-0.1, -0.05) is 53.7 Å². The first kappa shape index (κ1) is 19.5. The van der Waals surface area contributed by atoms with E-state index in [4.69, 9.17) is 16.3 Å². The van der Waals surface area contributed by atoms with Crippen molar-refractivity contribution in [1.82, 2.24) is 19.6 Å². The zero-order valence-electron chi connectivity index (χ0n) is 16.0. The van der Waals surface area contributed by atoms with E-state index in [0.717, 1.165) is 22.4 Å². The summed E-state index contributed by atoms with van der Waals surface area (Å²) in [5.74, 6) is 1.96. The summed E-state index contributed by atoms with van der Waals surface area (Å²) in [6.07, 6.45) is 0. The van der Waals surface area contributed by atoms with Crippen LogP contribution in [0.15, 0.2) is 58.5 Å². The number of H-pyrrole nitrogens is 1. The molecule has 2 aromatic carbocycles. The maximum atomic E-state index is 11.8. The van der Waals surface area contributed by atoms with E-state index >= 15 is 0 Å². The van der Waals surface area contributed by atoms with Gasteiger partial charge in [0.1, 0.15) is 5.75 Å². The van der Waals surface area contributed by atoms with E-state index in [9.17, 15) is 4.79 Å². The third-order valence-electron chi connectivity index (χ3n) is 4.44. The lowest BCUT2D eigenvalue weighted by atomic mass is 10.1. The van der Waals surface area contributed by atoms with Crippen molar-refractivity contribution in [2.45, 2.75) is 19.0 Å². The van der Waals surface area contributed by atoms with Crippen molar-refractivity contribution < 1.29 is 4.74 Å². The first-order valence-corrected chi connectivity index (χ1v) is 10.5. The molecule has 2 aromatic heterocycles. The van der Waals surface area contributed by atoms with Gasteiger partial charge in [-0.25, -0.2) is 14.5 Å². The van der Waals surface area contributed by atoms with Crippen molar-refractivity contribution >= 4 is 29.0 Å². The molecule has 0 amide bonds. The van der Waals surface area contributed by atoms with Crippen LogP contribution in [0.5, 0.6) is 5.75 Å². The molecular weight excluding hydrogens is 408 g/mol. The third-order valence-corrected chi connectivity index (χ3v) is 5.75. The summed E-state index contributed by atoms with van der Waals surface area (Å²) in [7, 11) is 0. The Morgan fingerprint density at radius 1 is 1.10 bits per heavy atom. The van der Waals surface area contributed by atoms with E-state index in [1.54, 1.807) is 4.52 Å². The number of hydrogen-bond donors (Lipinski definition) is 1. The van der Waals surface area contributed by atoms with Gasteiger partial charge < -0.3 is 4.74 Å². The first-order valence-electron chi connectivity index (χ1n) is 9.09. The highest BCUT2D eigenvalue weighted by molar-refractivity contribution is 7.99. The van der Waals surface area contributed by atoms with Crippen LogP contribution in [0.1, 0.15) is 11.1 Å². The molecule has 0 aliphatic rings. The maximum absolute atomic E-state index is 11.8. The summed E-state index contributed by atoms with van der Waals surface area (Å²) in [4.78, 5) is 21.1. The second-order valence-corrected chi connectivity index (χ2v) is 8.04. The van der Waals surface area contributed by atoms with Crippen LogP contribution in [-0.2, 0) is 0 Å².